The lowest BCUT2D eigenvalue weighted by Gasteiger charge is -2.33. The van der Waals surface area contributed by atoms with Gasteiger partial charge in [0.1, 0.15) is 11.5 Å². The average molecular weight is 357 g/mol. The second-order valence-corrected chi connectivity index (χ2v) is 6.39. The lowest BCUT2D eigenvalue weighted by Crippen LogP contribution is -2.48. The Hall–Kier alpha value is -2.54. The minimum atomic E-state index is -0.280. The molecule has 1 aliphatic heterocycles. The first kappa shape index (κ1) is 18.3. The lowest BCUT2D eigenvalue weighted by atomic mass is 10.2. The molecule has 2 heterocycles. The van der Waals surface area contributed by atoms with E-state index in [-0.39, 0.29) is 18.3 Å². The van der Waals surface area contributed by atoms with Crippen LogP contribution in [0.5, 0.6) is 0 Å². The van der Waals surface area contributed by atoms with Crippen LogP contribution in [0.1, 0.15) is 28.7 Å². The van der Waals surface area contributed by atoms with Gasteiger partial charge in [-0.2, -0.15) is 0 Å². The maximum Gasteiger partial charge on any atom is 0.272 e. The number of likely N-dealkylation sites (N-methyl/N-ethyl adjacent to an activating group) is 1. The Labute approximate surface area is 153 Å². The van der Waals surface area contributed by atoms with Crippen LogP contribution in [0.15, 0.2) is 30.3 Å². The van der Waals surface area contributed by atoms with Crippen LogP contribution in [-0.2, 0) is 6.54 Å². The van der Waals surface area contributed by atoms with Crippen LogP contribution in [0.4, 0.5) is 10.3 Å². The summed E-state index contributed by atoms with van der Waals surface area (Å²) in [6.45, 7) is 8.37. The van der Waals surface area contributed by atoms with Gasteiger partial charge in [0.05, 0.1) is 0 Å². The third-order valence-corrected chi connectivity index (χ3v) is 4.57. The van der Waals surface area contributed by atoms with Gasteiger partial charge in [-0.3, -0.25) is 4.79 Å². The van der Waals surface area contributed by atoms with Crippen molar-refractivity contribution in [2.45, 2.75) is 20.4 Å². The average Bonchev–Trinajstić information content (AvgIpc) is 2.66. The smallest absolute Gasteiger partial charge is 0.272 e. The molecular weight excluding hydrogens is 333 g/mol. The number of hydrogen-bond acceptors (Lipinski definition) is 5. The third kappa shape index (κ3) is 4.35. The summed E-state index contributed by atoms with van der Waals surface area (Å²) in [6, 6.07) is 8.25. The first-order valence-electron chi connectivity index (χ1n) is 8.91. The Balaban J connectivity index is 1.69. The van der Waals surface area contributed by atoms with Gasteiger partial charge >= 0.3 is 0 Å². The molecule has 1 saturated heterocycles. The van der Waals surface area contributed by atoms with Gasteiger partial charge in [0.15, 0.2) is 0 Å². The van der Waals surface area contributed by atoms with Crippen molar-refractivity contribution in [3.05, 3.63) is 53.1 Å². The van der Waals surface area contributed by atoms with Crippen LogP contribution in [0.25, 0.3) is 0 Å². The van der Waals surface area contributed by atoms with Crippen molar-refractivity contribution in [3.8, 4) is 0 Å². The summed E-state index contributed by atoms with van der Waals surface area (Å²) in [6.07, 6.45) is 0. The van der Waals surface area contributed by atoms with Crippen molar-refractivity contribution in [1.82, 2.24) is 19.8 Å². The molecule has 1 N–H and O–H groups in total. The zero-order chi connectivity index (χ0) is 18.5. The van der Waals surface area contributed by atoms with Crippen molar-refractivity contribution < 1.29 is 9.18 Å². The maximum absolute atomic E-state index is 13.7. The largest absolute Gasteiger partial charge is 0.350 e. The predicted octanol–water partition coefficient (Wildman–Crippen LogP) is 2.31. The molecule has 6 nitrogen and oxygen atoms in total. The van der Waals surface area contributed by atoms with Crippen molar-refractivity contribution in [2.24, 2.45) is 0 Å². The number of halogens is 1. The molecule has 0 spiro atoms. The number of hydrogen-bond donors (Lipinski definition) is 1. The van der Waals surface area contributed by atoms with Gasteiger partial charge in [0, 0.05) is 44.0 Å². The summed E-state index contributed by atoms with van der Waals surface area (Å²) < 4.78 is 13.7. The molecule has 0 aliphatic carbocycles. The van der Waals surface area contributed by atoms with Gasteiger partial charge < -0.3 is 15.1 Å². The molecule has 1 aromatic carbocycles. The fraction of sp³-hybridized carbons (Fsp3) is 0.421. The van der Waals surface area contributed by atoms with E-state index in [1.807, 2.05) is 11.8 Å². The zero-order valence-corrected chi connectivity index (χ0v) is 15.2. The topological polar surface area (TPSA) is 61.4 Å². The standard InChI is InChI=1S/C19H24FN5O/c1-3-24-8-10-25(11-9-24)18(26)17-12-14(2)22-19(23-17)21-13-15-6-4-5-7-16(15)20/h4-7,12H,3,8-11,13H2,1-2H3,(H,21,22,23). The molecule has 1 aromatic heterocycles. The van der Waals surface area contributed by atoms with E-state index in [4.69, 9.17) is 0 Å². The quantitative estimate of drug-likeness (QED) is 0.890. The molecule has 7 heteroatoms. The first-order valence-corrected chi connectivity index (χ1v) is 8.91. The molecule has 26 heavy (non-hydrogen) atoms. The van der Waals surface area contributed by atoms with Crippen molar-refractivity contribution in [1.29, 1.82) is 0 Å². The number of carbonyl (C=O) groups is 1. The maximum atomic E-state index is 13.7. The lowest BCUT2D eigenvalue weighted by molar-refractivity contribution is 0.0637. The molecule has 1 amide bonds. The van der Waals surface area contributed by atoms with Gasteiger partial charge in [0.25, 0.3) is 5.91 Å². The molecule has 0 atom stereocenters. The predicted molar refractivity (Wildman–Crippen MR) is 98.5 cm³/mol. The number of amides is 1. The minimum absolute atomic E-state index is 0.0832. The van der Waals surface area contributed by atoms with Crippen LogP contribution < -0.4 is 5.32 Å². The summed E-state index contributed by atoms with van der Waals surface area (Å²) >= 11 is 0. The van der Waals surface area contributed by atoms with Crippen LogP contribution in [0.3, 0.4) is 0 Å². The highest BCUT2D eigenvalue weighted by Crippen LogP contribution is 2.12. The number of carbonyl (C=O) groups excluding carboxylic acids is 1. The minimum Gasteiger partial charge on any atom is -0.350 e. The molecule has 0 saturated carbocycles. The normalized spacial score (nSPS) is 15.1. The van der Waals surface area contributed by atoms with E-state index in [1.165, 1.54) is 6.07 Å². The Morgan fingerprint density at radius 3 is 2.62 bits per heavy atom. The van der Waals surface area contributed by atoms with Gasteiger partial charge in [-0.05, 0) is 25.6 Å². The molecule has 1 aliphatic rings. The molecule has 0 radical (unpaired) electrons. The van der Waals surface area contributed by atoms with Crippen LogP contribution >= 0.6 is 0 Å². The van der Waals surface area contributed by atoms with Crippen LogP contribution in [0, 0.1) is 12.7 Å². The van der Waals surface area contributed by atoms with Crippen molar-refractivity contribution in [3.63, 3.8) is 0 Å². The second-order valence-electron chi connectivity index (χ2n) is 6.39. The Morgan fingerprint density at radius 2 is 1.92 bits per heavy atom. The Bertz CT molecular complexity index is 774. The molecule has 0 unspecified atom stereocenters. The Kier molecular flexibility index (Phi) is 5.78. The summed E-state index contributed by atoms with van der Waals surface area (Å²) in [5, 5.41) is 3.02. The molecule has 1 fully saturated rings. The fourth-order valence-corrected chi connectivity index (χ4v) is 3.00. The number of rotatable bonds is 5. The fourth-order valence-electron chi connectivity index (χ4n) is 3.00. The zero-order valence-electron chi connectivity index (χ0n) is 15.2. The summed E-state index contributed by atoms with van der Waals surface area (Å²) in [4.78, 5) is 25.6. The van der Waals surface area contributed by atoms with Crippen molar-refractivity contribution in [2.75, 3.05) is 38.0 Å². The first-order chi connectivity index (χ1) is 12.6. The number of nitrogens with zero attached hydrogens (tertiary/aromatic N) is 4. The third-order valence-electron chi connectivity index (χ3n) is 4.57. The second kappa shape index (κ2) is 8.23. The molecule has 0 bridgehead atoms. The summed E-state index contributed by atoms with van der Waals surface area (Å²) in [7, 11) is 0. The monoisotopic (exact) mass is 357 g/mol. The van der Waals surface area contributed by atoms with E-state index >= 15 is 0 Å². The molecular formula is C19H24FN5O. The number of aryl methyl sites for hydroxylation is 1. The van der Waals surface area contributed by atoms with E-state index in [2.05, 4.69) is 27.1 Å². The number of aromatic nitrogens is 2. The summed E-state index contributed by atoms with van der Waals surface area (Å²) in [5.74, 6) is -0.0262. The van der Waals surface area contributed by atoms with E-state index < -0.39 is 0 Å². The highest BCUT2D eigenvalue weighted by Gasteiger charge is 2.23. The molecule has 138 valence electrons. The van der Waals surface area contributed by atoms with E-state index in [1.54, 1.807) is 24.3 Å². The number of nitrogens with one attached hydrogen (secondary N) is 1. The van der Waals surface area contributed by atoms with Gasteiger partial charge in [-0.25, -0.2) is 14.4 Å². The van der Waals surface area contributed by atoms with Gasteiger partial charge in [0.2, 0.25) is 5.95 Å². The van der Waals surface area contributed by atoms with Crippen molar-refractivity contribution >= 4 is 11.9 Å². The van der Waals surface area contributed by atoms with Gasteiger partial charge in [-0.15, -0.1) is 0 Å². The summed E-state index contributed by atoms with van der Waals surface area (Å²) in [5.41, 5.74) is 1.60. The van der Waals surface area contributed by atoms with Crippen LogP contribution in [-0.4, -0.2) is 58.4 Å². The Morgan fingerprint density at radius 1 is 1.19 bits per heavy atom. The van der Waals surface area contributed by atoms with E-state index in [9.17, 15) is 9.18 Å². The molecule has 2 aromatic rings. The number of piperazine rings is 1. The highest BCUT2D eigenvalue weighted by atomic mass is 19.1. The van der Waals surface area contributed by atoms with Crippen LogP contribution in [0.2, 0.25) is 0 Å². The molecule has 3 rings (SSSR count). The van der Waals surface area contributed by atoms with E-state index in [0.29, 0.717) is 36.0 Å². The van der Waals surface area contributed by atoms with Gasteiger partial charge in [-0.1, -0.05) is 25.1 Å². The van der Waals surface area contributed by atoms with E-state index in [0.717, 1.165) is 19.6 Å². The highest BCUT2D eigenvalue weighted by molar-refractivity contribution is 5.92. The SMILES string of the molecule is CCN1CCN(C(=O)c2cc(C)nc(NCc3ccccc3F)n2)CC1. The number of anilines is 1. The number of benzene rings is 1.